The molecule has 0 fully saturated rings. The van der Waals surface area contributed by atoms with E-state index in [1.54, 1.807) is 0 Å². The number of hydrogen-bond donors (Lipinski definition) is 0. The Bertz CT molecular complexity index is 1460. The molecule has 0 radical (unpaired) electrons. The SMILES string of the molecule is CCCCC/C=C\C/C=C\CCCCCCCCCC(=O)OC(COC(=O)CCCCCCC/C=C\CCCCCCC)COC(=O)CCCCCCCCCCCCCCCCCCCCCCC/C=C\C/C=C\CCCCCCC. The molecule has 0 aliphatic carbocycles. The Morgan fingerprint density at radius 3 is 0.707 bits per heavy atom. The fourth-order valence-corrected chi connectivity index (χ4v) is 10.7. The van der Waals surface area contributed by atoms with Crippen LogP contribution in [0.2, 0.25) is 0 Å². The van der Waals surface area contributed by atoms with E-state index in [2.05, 4.69) is 81.5 Å². The molecule has 478 valence electrons. The average molecular weight is 1150 g/mol. The molecule has 0 aliphatic rings. The van der Waals surface area contributed by atoms with Crippen molar-refractivity contribution in [1.29, 1.82) is 0 Å². The number of esters is 3. The molecule has 6 heteroatoms. The van der Waals surface area contributed by atoms with Gasteiger partial charge in [-0.3, -0.25) is 14.4 Å². The molecule has 0 bridgehead atoms. The van der Waals surface area contributed by atoms with Crippen LogP contribution in [-0.2, 0) is 28.6 Å². The largest absolute Gasteiger partial charge is 0.462 e. The summed E-state index contributed by atoms with van der Waals surface area (Å²) in [7, 11) is 0. The standard InChI is InChI=1S/C76H138O6/c1-4-7-10-13-16-19-22-25-28-30-31-32-33-34-35-36-37-38-39-40-41-42-43-44-45-47-48-51-54-57-60-63-66-69-75(78)81-72-73(71-80-74(77)68-65-62-59-56-53-50-27-24-21-18-15-12-9-6-3)82-76(79)70-67-64-61-58-55-52-49-46-29-26-23-20-17-14-11-8-5-2/h17,20,22,24-27,29-31,73H,4-16,18-19,21,23,28,32-72H2,1-3H3/b20-17-,25-22-,27-24-,29-26-,31-30-. The minimum absolute atomic E-state index is 0.0761. The molecule has 0 amide bonds. The van der Waals surface area contributed by atoms with Crippen molar-refractivity contribution in [3.05, 3.63) is 60.8 Å². The molecule has 6 nitrogen and oxygen atoms in total. The first kappa shape index (κ1) is 79.1. The van der Waals surface area contributed by atoms with Gasteiger partial charge in [-0.15, -0.1) is 0 Å². The summed E-state index contributed by atoms with van der Waals surface area (Å²) in [4.78, 5) is 38.4. The number of carbonyl (C=O) groups excluding carboxylic acids is 3. The van der Waals surface area contributed by atoms with Gasteiger partial charge in [0.1, 0.15) is 13.2 Å². The summed E-state index contributed by atoms with van der Waals surface area (Å²) in [6, 6.07) is 0. The summed E-state index contributed by atoms with van der Waals surface area (Å²) < 4.78 is 17.0. The number of rotatable bonds is 67. The zero-order valence-corrected chi connectivity index (χ0v) is 55.0. The van der Waals surface area contributed by atoms with E-state index in [-0.39, 0.29) is 31.1 Å². The van der Waals surface area contributed by atoms with Crippen LogP contribution in [-0.4, -0.2) is 37.2 Å². The minimum Gasteiger partial charge on any atom is -0.462 e. The molecule has 0 rings (SSSR count). The lowest BCUT2D eigenvalue weighted by molar-refractivity contribution is -0.167. The summed E-state index contributed by atoms with van der Waals surface area (Å²) >= 11 is 0. The van der Waals surface area contributed by atoms with Gasteiger partial charge in [0.05, 0.1) is 0 Å². The zero-order chi connectivity index (χ0) is 59.2. The quantitative estimate of drug-likeness (QED) is 0.0261. The summed E-state index contributed by atoms with van der Waals surface area (Å²) in [5, 5.41) is 0. The number of carbonyl (C=O) groups is 3. The maximum Gasteiger partial charge on any atom is 0.306 e. The molecule has 0 spiro atoms. The van der Waals surface area contributed by atoms with Crippen LogP contribution in [0.25, 0.3) is 0 Å². The van der Waals surface area contributed by atoms with Crippen molar-refractivity contribution >= 4 is 17.9 Å². The van der Waals surface area contributed by atoms with Crippen LogP contribution >= 0.6 is 0 Å². The van der Waals surface area contributed by atoms with Gasteiger partial charge in [-0.05, 0) is 109 Å². The van der Waals surface area contributed by atoms with Crippen molar-refractivity contribution in [3.8, 4) is 0 Å². The maximum atomic E-state index is 12.9. The molecule has 0 aromatic rings. The molecule has 1 atom stereocenters. The number of allylic oxidation sites excluding steroid dienone is 10. The highest BCUT2D eigenvalue weighted by molar-refractivity contribution is 5.71. The van der Waals surface area contributed by atoms with Crippen LogP contribution in [0.15, 0.2) is 60.8 Å². The van der Waals surface area contributed by atoms with Gasteiger partial charge in [0, 0.05) is 19.3 Å². The average Bonchev–Trinajstić information content (AvgIpc) is 3.48. The number of ether oxygens (including phenoxy) is 3. The highest BCUT2D eigenvalue weighted by Crippen LogP contribution is 2.18. The smallest absolute Gasteiger partial charge is 0.306 e. The molecule has 0 aromatic carbocycles. The van der Waals surface area contributed by atoms with E-state index < -0.39 is 6.10 Å². The van der Waals surface area contributed by atoms with Crippen molar-refractivity contribution in [2.75, 3.05) is 13.2 Å². The van der Waals surface area contributed by atoms with Crippen molar-refractivity contribution in [1.82, 2.24) is 0 Å². The highest BCUT2D eigenvalue weighted by atomic mass is 16.6. The molecule has 0 heterocycles. The van der Waals surface area contributed by atoms with E-state index in [9.17, 15) is 14.4 Å². The molecule has 0 saturated carbocycles. The molecule has 0 aliphatic heterocycles. The van der Waals surface area contributed by atoms with E-state index in [1.165, 1.54) is 263 Å². The van der Waals surface area contributed by atoms with Crippen LogP contribution in [0.1, 0.15) is 387 Å². The number of hydrogen-bond acceptors (Lipinski definition) is 6. The second-order valence-electron chi connectivity index (χ2n) is 24.5. The Balaban J connectivity index is 4.15. The third kappa shape index (κ3) is 67.9. The van der Waals surface area contributed by atoms with E-state index in [4.69, 9.17) is 14.2 Å². The Hall–Kier alpha value is -2.89. The summed E-state index contributed by atoms with van der Waals surface area (Å²) in [5.41, 5.74) is 0. The maximum absolute atomic E-state index is 12.9. The Labute approximate surface area is 510 Å². The lowest BCUT2D eigenvalue weighted by Crippen LogP contribution is -2.30. The van der Waals surface area contributed by atoms with E-state index >= 15 is 0 Å². The normalized spacial score (nSPS) is 12.4. The fraction of sp³-hybridized carbons (Fsp3) is 0.829. The van der Waals surface area contributed by atoms with Gasteiger partial charge in [0.25, 0.3) is 0 Å². The third-order valence-electron chi connectivity index (χ3n) is 16.2. The van der Waals surface area contributed by atoms with Crippen LogP contribution in [0, 0.1) is 0 Å². The second kappa shape index (κ2) is 70.6. The lowest BCUT2D eigenvalue weighted by atomic mass is 10.0. The van der Waals surface area contributed by atoms with Crippen LogP contribution in [0.3, 0.4) is 0 Å². The third-order valence-corrected chi connectivity index (χ3v) is 16.2. The first-order valence-corrected chi connectivity index (χ1v) is 36.3. The molecule has 0 N–H and O–H groups in total. The first-order valence-electron chi connectivity index (χ1n) is 36.3. The van der Waals surface area contributed by atoms with Crippen molar-refractivity contribution in [3.63, 3.8) is 0 Å². The monoisotopic (exact) mass is 1150 g/mol. The predicted molar refractivity (Wildman–Crippen MR) is 358 cm³/mol. The zero-order valence-electron chi connectivity index (χ0n) is 55.0. The fourth-order valence-electron chi connectivity index (χ4n) is 10.7. The molecule has 1 unspecified atom stereocenters. The highest BCUT2D eigenvalue weighted by Gasteiger charge is 2.19. The molecule has 82 heavy (non-hydrogen) atoms. The second-order valence-corrected chi connectivity index (χ2v) is 24.5. The van der Waals surface area contributed by atoms with Crippen LogP contribution < -0.4 is 0 Å². The molecular formula is C76H138O6. The minimum atomic E-state index is -0.781. The van der Waals surface area contributed by atoms with Crippen LogP contribution in [0.4, 0.5) is 0 Å². The summed E-state index contributed by atoms with van der Waals surface area (Å²) in [6.07, 6.45) is 91.2. The molecular weight excluding hydrogens is 1010 g/mol. The first-order chi connectivity index (χ1) is 40.5. The summed E-state index contributed by atoms with van der Waals surface area (Å²) in [6.45, 7) is 6.64. The van der Waals surface area contributed by atoms with E-state index in [1.807, 2.05) is 0 Å². The van der Waals surface area contributed by atoms with Gasteiger partial charge in [-0.25, -0.2) is 0 Å². The number of unbranched alkanes of at least 4 members (excludes halogenated alkanes) is 46. The van der Waals surface area contributed by atoms with Gasteiger partial charge >= 0.3 is 17.9 Å². The summed E-state index contributed by atoms with van der Waals surface area (Å²) in [5.74, 6) is -0.870. The predicted octanol–water partition coefficient (Wildman–Crippen LogP) is 25.1. The van der Waals surface area contributed by atoms with Gasteiger partial charge < -0.3 is 14.2 Å². The van der Waals surface area contributed by atoms with Crippen LogP contribution in [0.5, 0.6) is 0 Å². The lowest BCUT2D eigenvalue weighted by Gasteiger charge is -2.18. The molecule has 0 saturated heterocycles. The van der Waals surface area contributed by atoms with Crippen molar-refractivity contribution in [2.45, 2.75) is 393 Å². The van der Waals surface area contributed by atoms with Gasteiger partial charge in [0.15, 0.2) is 6.10 Å². The van der Waals surface area contributed by atoms with Crippen molar-refractivity contribution in [2.24, 2.45) is 0 Å². The van der Waals surface area contributed by atoms with Gasteiger partial charge in [-0.2, -0.15) is 0 Å². The van der Waals surface area contributed by atoms with Crippen molar-refractivity contribution < 1.29 is 28.6 Å². The van der Waals surface area contributed by atoms with Gasteiger partial charge in [0.2, 0.25) is 0 Å². The van der Waals surface area contributed by atoms with E-state index in [0.29, 0.717) is 19.3 Å². The van der Waals surface area contributed by atoms with E-state index in [0.717, 1.165) is 83.5 Å². The van der Waals surface area contributed by atoms with Gasteiger partial charge in [-0.1, -0.05) is 319 Å². The molecule has 0 aromatic heterocycles. The Morgan fingerprint density at radius 2 is 0.439 bits per heavy atom. The topological polar surface area (TPSA) is 78.9 Å². The Kier molecular flexibility index (Phi) is 68.1. The Morgan fingerprint density at radius 1 is 0.244 bits per heavy atom.